The van der Waals surface area contributed by atoms with Crippen LogP contribution in [0.25, 0.3) is 16.8 Å². The highest BCUT2D eigenvalue weighted by Gasteiger charge is 2.26. The van der Waals surface area contributed by atoms with Gasteiger partial charge in [0.05, 0.1) is 17.0 Å². The molecular weight excluding hydrogens is 366 g/mol. The Morgan fingerprint density at radius 3 is 2.31 bits per heavy atom. The Morgan fingerprint density at radius 2 is 1.69 bits per heavy atom. The number of amides is 2. The number of hydrogen-bond acceptors (Lipinski definition) is 4. The number of fused-ring (bicyclic) bond motifs is 1. The van der Waals surface area contributed by atoms with Gasteiger partial charge in [-0.2, -0.15) is 5.10 Å². The van der Waals surface area contributed by atoms with E-state index in [0.29, 0.717) is 38.2 Å². The summed E-state index contributed by atoms with van der Waals surface area (Å²) in [6.45, 7) is 7.76. The summed E-state index contributed by atoms with van der Waals surface area (Å²) in [7, 11) is 0. The average molecular weight is 391 g/mol. The van der Waals surface area contributed by atoms with E-state index in [1.165, 1.54) is 0 Å². The maximum atomic E-state index is 13.2. The van der Waals surface area contributed by atoms with Crippen molar-refractivity contribution in [2.75, 3.05) is 26.2 Å². The second-order valence-corrected chi connectivity index (χ2v) is 7.33. The number of carbonyl (C=O) groups excluding carboxylic acids is 2. The predicted molar refractivity (Wildman–Crippen MR) is 111 cm³/mol. The second kappa shape index (κ2) is 7.66. The highest BCUT2D eigenvalue weighted by atomic mass is 16.2. The number of aryl methyl sites for hydroxylation is 2. The summed E-state index contributed by atoms with van der Waals surface area (Å²) in [6.07, 6.45) is 2.35. The smallest absolute Gasteiger partial charge is 0.257 e. The van der Waals surface area contributed by atoms with Crippen molar-refractivity contribution in [3.63, 3.8) is 0 Å². The van der Waals surface area contributed by atoms with Crippen molar-refractivity contribution in [3.8, 4) is 11.1 Å². The van der Waals surface area contributed by atoms with E-state index < -0.39 is 0 Å². The molecule has 7 heteroatoms. The van der Waals surface area contributed by atoms with Crippen molar-refractivity contribution in [3.05, 3.63) is 53.5 Å². The van der Waals surface area contributed by atoms with Crippen molar-refractivity contribution in [1.82, 2.24) is 24.4 Å². The third-order valence-corrected chi connectivity index (χ3v) is 5.56. The number of benzene rings is 1. The molecule has 0 spiro atoms. The lowest BCUT2D eigenvalue weighted by atomic mass is 10.1. The molecule has 0 unspecified atom stereocenters. The minimum absolute atomic E-state index is 0.0473. The summed E-state index contributed by atoms with van der Waals surface area (Å²) in [5.41, 5.74) is 5.16. The molecule has 0 N–H and O–H groups in total. The first-order valence-electron chi connectivity index (χ1n) is 9.98. The molecule has 4 rings (SSSR count). The summed E-state index contributed by atoms with van der Waals surface area (Å²) in [6, 6.07) is 10.1. The van der Waals surface area contributed by atoms with Crippen LogP contribution in [0.2, 0.25) is 0 Å². The molecule has 1 aromatic carbocycles. The van der Waals surface area contributed by atoms with E-state index in [1.807, 2.05) is 48.7 Å². The van der Waals surface area contributed by atoms with Crippen LogP contribution in [-0.4, -0.2) is 62.4 Å². The van der Waals surface area contributed by atoms with Crippen LogP contribution >= 0.6 is 0 Å². The number of piperazine rings is 1. The third-order valence-electron chi connectivity index (χ3n) is 5.56. The van der Waals surface area contributed by atoms with Crippen molar-refractivity contribution >= 4 is 17.5 Å². The number of nitrogens with zero attached hydrogens (tertiary/aromatic N) is 5. The fraction of sp³-hybridized carbons (Fsp3) is 0.364. The molecule has 0 bridgehead atoms. The molecule has 0 atom stereocenters. The fourth-order valence-electron chi connectivity index (χ4n) is 3.99. The van der Waals surface area contributed by atoms with Crippen molar-refractivity contribution in [2.45, 2.75) is 27.2 Å². The molecule has 0 aliphatic carbocycles. The Morgan fingerprint density at radius 1 is 1.03 bits per heavy atom. The topological polar surface area (TPSA) is 70.8 Å². The van der Waals surface area contributed by atoms with Crippen LogP contribution in [-0.2, 0) is 11.2 Å². The normalized spacial score (nSPS) is 14.4. The van der Waals surface area contributed by atoms with Gasteiger partial charge in [-0.15, -0.1) is 0 Å². The van der Waals surface area contributed by atoms with Crippen LogP contribution in [0.15, 0.2) is 36.5 Å². The van der Waals surface area contributed by atoms with E-state index in [0.717, 1.165) is 28.2 Å². The Hall–Kier alpha value is -3.22. The van der Waals surface area contributed by atoms with E-state index in [-0.39, 0.29) is 11.8 Å². The average Bonchev–Trinajstić information content (AvgIpc) is 3.09. The predicted octanol–water partition coefficient (Wildman–Crippen LogP) is 2.57. The molecule has 1 aliphatic rings. The lowest BCUT2D eigenvalue weighted by Gasteiger charge is -2.34. The number of rotatable bonds is 3. The minimum atomic E-state index is -0.0473. The molecule has 1 saturated heterocycles. The molecule has 0 radical (unpaired) electrons. The summed E-state index contributed by atoms with van der Waals surface area (Å²) in [5, 5.41) is 4.71. The van der Waals surface area contributed by atoms with E-state index in [1.54, 1.807) is 22.9 Å². The molecule has 1 aliphatic heterocycles. The lowest BCUT2D eigenvalue weighted by Crippen LogP contribution is -2.50. The van der Waals surface area contributed by atoms with Crippen molar-refractivity contribution < 1.29 is 9.59 Å². The van der Waals surface area contributed by atoms with Gasteiger partial charge in [-0.3, -0.25) is 9.59 Å². The number of aromatic nitrogens is 3. The van der Waals surface area contributed by atoms with Gasteiger partial charge in [0.2, 0.25) is 5.91 Å². The van der Waals surface area contributed by atoms with Crippen LogP contribution in [0.5, 0.6) is 0 Å². The Bertz CT molecular complexity index is 1070. The van der Waals surface area contributed by atoms with E-state index in [4.69, 9.17) is 5.10 Å². The number of hydrogen-bond donors (Lipinski definition) is 0. The third kappa shape index (κ3) is 3.37. The van der Waals surface area contributed by atoms with E-state index in [2.05, 4.69) is 4.98 Å². The zero-order valence-electron chi connectivity index (χ0n) is 17.1. The molecular formula is C22H25N5O2. The van der Waals surface area contributed by atoms with Gasteiger partial charge >= 0.3 is 0 Å². The molecule has 150 valence electrons. The largest absolute Gasteiger partial charge is 0.339 e. The number of carbonyl (C=O) groups is 2. The maximum absolute atomic E-state index is 13.2. The molecule has 0 saturated carbocycles. The standard InChI is InChI=1S/C22H25N5O2/c1-4-19-18(22(29)26-12-10-25(11-13-26)16(3)28)14-23-21-20(15(2)24-27(19)21)17-8-6-5-7-9-17/h5-9,14H,4,10-13H2,1-3H3. The Kier molecular flexibility index (Phi) is 5.05. The molecule has 3 heterocycles. The fourth-order valence-corrected chi connectivity index (χ4v) is 3.99. The molecule has 3 aromatic rings. The van der Waals surface area contributed by atoms with Gasteiger partial charge in [0.15, 0.2) is 5.65 Å². The van der Waals surface area contributed by atoms with Crippen LogP contribution < -0.4 is 0 Å². The first-order chi connectivity index (χ1) is 14.0. The van der Waals surface area contributed by atoms with Gasteiger partial charge in [0.25, 0.3) is 5.91 Å². The van der Waals surface area contributed by atoms with Gasteiger partial charge in [0.1, 0.15) is 0 Å². The van der Waals surface area contributed by atoms with Gasteiger partial charge in [0, 0.05) is 44.9 Å². The van der Waals surface area contributed by atoms with Crippen LogP contribution in [0, 0.1) is 6.92 Å². The summed E-state index contributed by atoms with van der Waals surface area (Å²) in [5.74, 6) is 0.00348. The zero-order chi connectivity index (χ0) is 20.5. The van der Waals surface area contributed by atoms with Gasteiger partial charge in [-0.05, 0) is 18.9 Å². The van der Waals surface area contributed by atoms with Gasteiger partial charge in [-0.25, -0.2) is 9.50 Å². The first-order valence-corrected chi connectivity index (χ1v) is 9.98. The van der Waals surface area contributed by atoms with Crippen molar-refractivity contribution in [1.29, 1.82) is 0 Å². The van der Waals surface area contributed by atoms with Crippen LogP contribution in [0.3, 0.4) is 0 Å². The monoisotopic (exact) mass is 391 g/mol. The van der Waals surface area contributed by atoms with Gasteiger partial charge in [-0.1, -0.05) is 37.3 Å². The lowest BCUT2D eigenvalue weighted by molar-refractivity contribution is -0.130. The SMILES string of the molecule is CCc1c(C(=O)N2CCN(C(C)=O)CC2)cnc2c(-c3ccccc3)c(C)nn12. The summed E-state index contributed by atoms with van der Waals surface area (Å²) >= 11 is 0. The Balaban J connectivity index is 1.72. The second-order valence-electron chi connectivity index (χ2n) is 7.33. The minimum Gasteiger partial charge on any atom is -0.339 e. The molecule has 1 fully saturated rings. The first kappa shape index (κ1) is 19.1. The highest BCUT2D eigenvalue weighted by Crippen LogP contribution is 2.28. The Labute approximate surface area is 170 Å². The molecule has 7 nitrogen and oxygen atoms in total. The van der Waals surface area contributed by atoms with Crippen LogP contribution in [0.4, 0.5) is 0 Å². The van der Waals surface area contributed by atoms with Gasteiger partial charge < -0.3 is 9.80 Å². The highest BCUT2D eigenvalue weighted by molar-refractivity contribution is 5.96. The molecule has 2 aromatic heterocycles. The van der Waals surface area contributed by atoms with E-state index in [9.17, 15) is 9.59 Å². The molecule has 29 heavy (non-hydrogen) atoms. The zero-order valence-corrected chi connectivity index (χ0v) is 17.1. The molecule has 2 amide bonds. The van der Waals surface area contributed by atoms with E-state index >= 15 is 0 Å². The van der Waals surface area contributed by atoms with Crippen LogP contribution in [0.1, 0.15) is 35.6 Å². The summed E-state index contributed by atoms with van der Waals surface area (Å²) < 4.78 is 1.82. The summed E-state index contributed by atoms with van der Waals surface area (Å²) in [4.78, 5) is 33.0. The van der Waals surface area contributed by atoms with Crippen molar-refractivity contribution in [2.24, 2.45) is 0 Å². The quantitative estimate of drug-likeness (QED) is 0.688. The maximum Gasteiger partial charge on any atom is 0.257 e.